The molecule has 0 saturated heterocycles. The van der Waals surface area contributed by atoms with Crippen molar-refractivity contribution in [1.82, 2.24) is 0 Å². The number of benzene rings is 1. The Hall–Kier alpha value is -1.79. The fourth-order valence-electron chi connectivity index (χ4n) is 1.64. The first-order valence-corrected chi connectivity index (χ1v) is 6.56. The molecule has 1 aromatic rings. The molecule has 0 aromatic heterocycles. The van der Waals surface area contributed by atoms with Crippen LogP contribution >= 0.6 is 0 Å². The zero-order chi connectivity index (χ0) is 14.8. The van der Waals surface area contributed by atoms with Crippen LogP contribution in [0.4, 0.5) is 11.4 Å². The first kappa shape index (κ1) is 16.3. The van der Waals surface area contributed by atoms with Gasteiger partial charge in [-0.05, 0) is 19.1 Å². The molecule has 0 spiro atoms. The minimum Gasteiger partial charge on any atom is -0.462 e. The Kier molecular flexibility index (Phi) is 7.46. The largest absolute Gasteiger partial charge is 0.462 e. The fourth-order valence-corrected chi connectivity index (χ4v) is 1.64. The fraction of sp³-hybridized carbons (Fsp3) is 0.500. The van der Waals surface area contributed by atoms with Crippen molar-refractivity contribution in [2.75, 3.05) is 51.1 Å². The quantitative estimate of drug-likeness (QED) is 0.406. The van der Waals surface area contributed by atoms with Gasteiger partial charge in [-0.3, -0.25) is 0 Å². The zero-order valence-corrected chi connectivity index (χ0v) is 12.0. The van der Waals surface area contributed by atoms with E-state index in [1.165, 1.54) is 0 Å². The molecule has 1 aromatic carbocycles. The normalized spacial score (nSPS) is 10.3. The summed E-state index contributed by atoms with van der Waals surface area (Å²) < 4.78 is 15.2. The van der Waals surface area contributed by atoms with Gasteiger partial charge in [-0.15, -0.1) is 0 Å². The third kappa shape index (κ3) is 5.07. The summed E-state index contributed by atoms with van der Waals surface area (Å²) in [6, 6.07) is 5.14. The molecule has 6 heteroatoms. The standard InChI is InChI=1S/C14H22N2O4/c1-3-20-14(17)11-5-4-6-12(15)13(11)16-7-8-19-10-9-18-2/h4-6,16H,3,7-10,15H2,1-2H3. The van der Waals surface area contributed by atoms with E-state index in [9.17, 15) is 4.79 Å². The highest BCUT2D eigenvalue weighted by Crippen LogP contribution is 2.24. The number of methoxy groups -OCH3 is 1. The molecule has 20 heavy (non-hydrogen) atoms. The van der Waals surface area contributed by atoms with Crippen LogP contribution in [-0.2, 0) is 14.2 Å². The van der Waals surface area contributed by atoms with E-state index in [1.807, 2.05) is 0 Å². The lowest BCUT2D eigenvalue weighted by Crippen LogP contribution is -2.16. The van der Waals surface area contributed by atoms with Crippen molar-refractivity contribution in [3.63, 3.8) is 0 Å². The SMILES string of the molecule is CCOC(=O)c1cccc(N)c1NCCOCCOC. The van der Waals surface area contributed by atoms with E-state index in [1.54, 1.807) is 32.2 Å². The average molecular weight is 282 g/mol. The highest BCUT2D eigenvalue weighted by atomic mass is 16.5. The molecule has 0 heterocycles. The van der Waals surface area contributed by atoms with Gasteiger partial charge in [-0.2, -0.15) is 0 Å². The Morgan fingerprint density at radius 2 is 2.10 bits per heavy atom. The molecule has 0 radical (unpaired) electrons. The van der Waals surface area contributed by atoms with Crippen LogP contribution in [0.5, 0.6) is 0 Å². The number of anilines is 2. The summed E-state index contributed by atoms with van der Waals surface area (Å²) in [6.07, 6.45) is 0. The van der Waals surface area contributed by atoms with Crippen molar-refractivity contribution < 1.29 is 19.0 Å². The van der Waals surface area contributed by atoms with Crippen LogP contribution in [0.1, 0.15) is 17.3 Å². The van der Waals surface area contributed by atoms with Crippen LogP contribution in [0.15, 0.2) is 18.2 Å². The Bertz CT molecular complexity index is 424. The first-order chi connectivity index (χ1) is 9.70. The van der Waals surface area contributed by atoms with E-state index >= 15 is 0 Å². The average Bonchev–Trinajstić information content (AvgIpc) is 2.44. The van der Waals surface area contributed by atoms with Gasteiger partial charge in [0.25, 0.3) is 0 Å². The van der Waals surface area contributed by atoms with Crippen molar-refractivity contribution in [2.24, 2.45) is 0 Å². The number of ether oxygens (including phenoxy) is 3. The summed E-state index contributed by atoms with van der Waals surface area (Å²) in [4.78, 5) is 11.8. The number of carbonyl (C=O) groups excluding carboxylic acids is 1. The van der Waals surface area contributed by atoms with Crippen LogP contribution in [0.25, 0.3) is 0 Å². The van der Waals surface area contributed by atoms with E-state index < -0.39 is 0 Å². The van der Waals surface area contributed by atoms with Gasteiger partial charge < -0.3 is 25.3 Å². The predicted molar refractivity (Wildman–Crippen MR) is 78.0 cm³/mol. The number of nitrogens with two attached hydrogens (primary N) is 1. The van der Waals surface area contributed by atoms with Gasteiger partial charge >= 0.3 is 5.97 Å². The predicted octanol–water partition coefficient (Wildman–Crippen LogP) is 1.52. The molecule has 0 aliphatic heterocycles. The lowest BCUT2D eigenvalue weighted by Gasteiger charge is -2.13. The molecule has 0 saturated carbocycles. The summed E-state index contributed by atoms with van der Waals surface area (Å²) in [6.45, 7) is 4.23. The molecule has 1 rings (SSSR count). The topological polar surface area (TPSA) is 82.8 Å². The van der Waals surface area contributed by atoms with E-state index in [-0.39, 0.29) is 5.97 Å². The van der Waals surface area contributed by atoms with Crippen LogP contribution in [0.3, 0.4) is 0 Å². The van der Waals surface area contributed by atoms with Crippen molar-refractivity contribution in [2.45, 2.75) is 6.92 Å². The number of hydrogen-bond donors (Lipinski definition) is 2. The zero-order valence-electron chi connectivity index (χ0n) is 12.0. The van der Waals surface area contributed by atoms with Gasteiger partial charge in [0.1, 0.15) is 0 Å². The van der Waals surface area contributed by atoms with E-state index in [2.05, 4.69) is 5.32 Å². The molecule has 0 fully saturated rings. The van der Waals surface area contributed by atoms with Crippen LogP contribution in [0, 0.1) is 0 Å². The molecule has 0 bridgehead atoms. The minimum absolute atomic E-state index is 0.327. The monoisotopic (exact) mass is 282 g/mol. The number of para-hydroxylation sites is 1. The molecular formula is C14H22N2O4. The van der Waals surface area contributed by atoms with Crippen LogP contribution in [0.2, 0.25) is 0 Å². The number of nitrogen functional groups attached to an aromatic ring is 1. The molecule has 112 valence electrons. The van der Waals surface area contributed by atoms with Gasteiger partial charge in [-0.25, -0.2) is 4.79 Å². The molecule has 0 aliphatic rings. The van der Waals surface area contributed by atoms with Gasteiger partial charge in [0, 0.05) is 13.7 Å². The summed E-state index contributed by atoms with van der Waals surface area (Å²) >= 11 is 0. The summed E-state index contributed by atoms with van der Waals surface area (Å²) in [5, 5.41) is 3.11. The van der Waals surface area contributed by atoms with Crippen molar-refractivity contribution >= 4 is 17.3 Å². The van der Waals surface area contributed by atoms with Gasteiger partial charge in [0.05, 0.1) is 43.4 Å². The van der Waals surface area contributed by atoms with E-state index in [0.717, 1.165) is 0 Å². The van der Waals surface area contributed by atoms with Crippen LogP contribution in [-0.4, -0.2) is 46.1 Å². The Balaban J connectivity index is 2.57. The number of esters is 1. The van der Waals surface area contributed by atoms with E-state index in [0.29, 0.717) is 49.9 Å². The van der Waals surface area contributed by atoms with Crippen molar-refractivity contribution in [3.05, 3.63) is 23.8 Å². The van der Waals surface area contributed by atoms with E-state index in [4.69, 9.17) is 19.9 Å². The molecule has 0 aliphatic carbocycles. The Morgan fingerprint density at radius 1 is 1.30 bits per heavy atom. The lowest BCUT2D eigenvalue weighted by atomic mass is 10.1. The van der Waals surface area contributed by atoms with Gasteiger partial charge in [0.15, 0.2) is 0 Å². The molecule has 0 atom stereocenters. The van der Waals surface area contributed by atoms with Crippen molar-refractivity contribution in [1.29, 1.82) is 0 Å². The van der Waals surface area contributed by atoms with Crippen LogP contribution < -0.4 is 11.1 Å². The summed E-state index contributed by atoms with van der Waals surface area (Å²) in [5.74, 6) is -0.386. The molecule has 6 nitrogen and oxygen atoms in total. The maximum Gasteiger partial charge on any atom is 0.340 e. The molecular weight excluding hydrogens is 260 g/mol. The Labute approximate surface area is 119 Å². The Morgan fingerprint density at radius 3 is 2.80 bits per heavy atom. The lowest BCUT2D eigenvalue weighted by molar-refractivity contribution is 0.0527. The highest BCUT2D eigenvalue weighted by Gasteiger charge is 2.14. The second kappa shape index (κ2) is 9.17. The number of rotatable bonds is 9. The first-order valence-electron chi connectivity index (χ1n) is 6.56. The highest BCUT2D eigenvalue weighted by molar-refractivity contribution is 5.98. The third-order valence-corrected chi connectivity index (χ3v) is 2.57. The second-order valence-corrected chi connectivity index (χ2v) is 4.02. The minimum atomic E-state index is -0.386. The third-order valence-electron chi connectivity index (χ3n) is 2.57. The number of carbonyl (C=O) groups is 1. The maximum absolute atomic E-state index is 11.8. The molecule has 3 N–H and O–H groups in total. The summed E-state index contributed by atoms with van der Waals surface area (Å²) in [7, 11) is 1.62. The number of nitrogens with one attached hydrogen (secondary N) is 1. The smallest absolute Gasteiger partial charge is 0.340 e. The number of hydrogen-bond acceptors (Lipinski definition) is 6. The second-order valence-electron chi connectivity index (χ2n) is 4.02. The van der Waals surface area contributed by atoms with Gasteiger partial charge in [-0.1, -0.05) is 6.07 Å². The molecule has 0 unspecified atom stereocenters. The van der Waals surface area contributed by atoms with Gasteiger partial charge in [0.2, 0.25) is 0 Å². The maximum atomic E-state index is 11.8. The summed E-state index contributed by atoms with van der Waals surface area (Å²) in [5.41, 5.74) is 7.41. The van der Waals surface area contributed by atoms with Crippen molar-refractivity contribution in [3.8, 4) is 0 Å². The molecule has 0 amide bonds.